The van der Waals surface area contributed by atoms with Crippen molar-refractivity contribution in [2.45, 2.75) is 13.8 Å². The number of fused-ring (bicyclic) bond motifs is 4. The number of para-hydroxylation sites is 3. The van der Waals surface area contributed by atoms with E-state index in [1.807, 2.05) is 48.7 Å². The van der Waals surface area contributed by atoms with E-state index in [-0.39, 0.29) is 5.75 Å². The quantitative estimate of drug-likeness (QED) is 0.260. The fraction of sp³-hybridized carbons (Fsp3) is 0.0588. The van der Waals surface area contributed by atoms with E-state index in [0.29, 0.717) is 5.52 Å². The number of benzene rings is 4. The number of aromatic nitrogens is 3. The topological polar surface area (TPSA) is 54.2 Å². The highest BCUT2D eigenvalue weighted by atomic mass is 16.3. The van der Waals surface area contributed by atoms with Gasteiger partial charge in [0.1, 0.15) is 22.9 Å². The first-order chi connectivity index (χ1) is 19.1. The van der Waals surface area contributed by atoms with Crippen molar-refractivity contribution in [1.82, 2.24) is 14.5 Å². The molecule has 0 aliphatic heterocycles. The van der Waals surface area contributed by atoms with Crippen LogP contribution in [0.15, 0.2) is 115 Å². The van der Waals surface area contributed by atoms with Gasteiger partial charge in [-0.15, -0.1) is 0 Å². The van der Waals surface area contributed by atoms with Crippen LogP contribution in [-0.2, 0) is 0 Å². The minimum Gasteiger partial charge on any atom is -0.506 e. The van der Waals surface area contributed by atoms with E-state index in [9.17, 15) is 5.11 Å². The first kappa shape index (κ1) is 23.0. The van der Waals surface area contributed by atoms with Gasteiger partial charge >= 0.3 is 0 Å². The Labute approximate surface area is 226 Å². The highest BCUT2D eigenvalue weighted by molar-refractivity contribution is 6.10. The molecule has 0 fully saturated rings. The van der Waals surface area contributed by atoms with Gasteiger partial charge in [0.2, 0.25) is 0 Å². The van der Waals surface area contributed by atoms with Crippen LogP contribution < -0.4 is 4.90 Å². The molecule has 0 radical (unpaired) electrons. The zero-order chi connectivity index (χ0) is 26.5. The van der Waals surface area contributed by atoms with Crippen LogP contribution in [-0.4, -0.2) is 19.6 Å². The molecule has 0 aliphatic rings. The summed E-state index contributed by atoms with van der Waals surface area (Å²) in [5.74, 6) is 1.81. The van der Waals surface area contributed by atoms with Crippen molar-refractivity contribution in [3.05, 3.63) is 127 Å². The molecule has 5 heteroatoms. The second-order valence-corrected chi connectivity index (χ2v) is 9.90. The third-order valence-electron chi connectivity index (χ3n) is 7.24. The molecule has 1 N–H and O–H groups in total. The Balaban J connectivity index is 1.51. The van der Waals surface area contributed by atoms with Crippen LogP contribution in [0.4, 0.5) is 17.2 Å². The number of phenols is 1. The van der Waals surface area contributed by atoms with Crippen molar-refractivity contribution >= 4 is 49.9 Å². The van der Waals surface area contributed by atoms with Crippen LogP contribution in [0.1, 0.15) is 11.1 Å². The van der Waals surface area contributed by atoms with Gasteiger partial charge in [-0.3, -0.25) is 9.47 Å². The second kappa shape index (κ2) is 8.99. The molecule has 0 spiro atoms. The van der Waals surface area contributed by atoms with E-state index in [0.717, 1.165) is 55.9 Å². The van der Waals surface area contributed by atoms with Gasteiger partial charge < -0.3 is 5.11 Å². The summed E-state index contributed by atoms with van der Waals surface area (Å²) in [5.41, 5.74) is 6.96. The van der Waals surface area contributed by atoms with Crippen molar-refractivity contribution in [1.29, 1.82) is 0 Å². The van der Waals surface area contributed by atoms with Crippen LogP contribution in [0.25, 0.3) is 38.5 Å². The Morgan fingerprint density at radius 3 is 2.33 bits per heavy atom. The van der Waals surface area contributed by atoms with E-state index in [2.05, 4.69) is 84.0 Å². The minimum atomic E-state index is 0.166. The highest BCUT2D eigenvalue weighted by Gasteiger charge is 2.19. The maximum absolute atomic E-state index is 10.6. The summed E-state index contributed by atoms with van der Waals surface area (Å²) in [5, 5.41) is 13.8. The lowest BCUT2D eigenvalue weighted by Gasteiger charge is -2.25. The number of hydrogen-bond donors (Lipinski definition) is 1. The fourth-order valence-electron chi connectivity index (χ4n) is 5.50. The number of nitrogens with zero attached hydrogens (tertiary/aromatic N) is 4. The summed E-state index contributed by atoms with van der Waals surface area (Å²) >= 11 is 0. The van der Waals surface area contributed by atoms with Crippen LogP contribution in [0, 0.1) is 13.8 Å². The predicted molar refractivity (Wildman–Crippen MR) is 160 cm³/mol. The van der Waals surface area contributed by atoms with Crippen molar-refractivity contribution in [3.8, 4) is 11.6 Å². The molecule has 0 unspecified atom stereocenters. The van der Waals surface area contributed by atoms with Crippen molar-refractivity contribution < 1.29 is 5.11 Å². The standard InChI is InChI=1S/C34H26N4O/c1-22-19-23(2)34(35-21-22)38-29-13-7-6-12-27(29)28-17-16-26(20-30(28)38)37(25-10-4-3-5-11-25)32-18-15-24-9-8-14-31(39)33(24)36-32/h3-21,39H,1-2H3. The first-order valence-electron chi connectivity index (χ1n) is 13.0. The molecule has 0 atom stereocenters. The van der Waals surface area contributed by atoms with Gasteiger partial charge in [0.05, 0.1) is 11.0 Å². The normalized spacial score (nSPS) is 11.4. The molecular weight excluding hydrogens is 480 g/mol. The SMILES string of the molecule is Cc1cnc(-n2c3ccccc3c3ccc(N(c4ccccc4)c4ccc5cccc(O)c5n4)cc32)c(C)c1. The largest absolute Gasteiger partial charge is 0.506 e. The summed E-state index contributed by atoms with van der Waals surface area (Å²) in [6, 6.07) is 36.8. The Hall–Kier alpha value is -5.16. The number of aryl methyl sites for hydroxylation is 2. The third-order valence-corrected chi connectivity index (χ3v) is 7.24. The lowest BCUT2D eigenvalue weighted by molar-refractivity contribution is 0.480. The molecule has 4 aromatic carbocycles. The molecule has 3 heterocycles. The maximum Gasteiger partial charge on any atom is 0.141 e. The zero-order valence-electron chi connectivity index (χ0n) is 21.7. The van der Waals surface area contributed by atoms with Crippen molar-refractivity contribution in [2.24, 2.45) is 0 Å². The molecule has 0 aliphatic carbocycles. The summed E-state index contributed by atoms with van der Waals surface area (Å²) in [6.07, 6.45) is 1.93. The van der Waals surface area contributed by atoms with Gasteiger partial charge in [0.15, 0.2) is 0 Å². The van der Waals surface area contributed by atoms with Gasteiger partial charge in [-0.1, -0.05) is 60.7 Å². The molecule has 0 saturated carbocycles. The molecular formula is C34H26N4O. The Kier molecular flexibility index (Phi) is 5.30. The monoisotopic (exact) mass is 506 g/mol. The lowest BCUT2D eigenvalue weighted by atomic mass is 10.1. The highest BCUT2D eigenvalue weighted by Crippen LogP contribution is 2.39. The van der Waals surface area contributed by atoms with Crippen LogP contribution in [0.5, 0.6) is 5.75 Å². The Bertz CT molecular complexity index is 2010. The smallest absolute Gasteiger partial charge is 0.141 e. The summed E-state index contributed by atoms with van der Waals surface area (Å²) in [4.78, 5) is 11.9. The van der Waals surface area contributed by atoms with Crippen LogP contribution >= 0.6 is 0 Å². The summed E-state index contributed by atoms with van der Waals surface area (Å²) in [6.45, 7) is 4.18. The minimum absolute atomic E-state index is 0.166. The van der Waals surface area contributed by atoms with E-state index in [1.165, 1.54) is 5.39 Å². The number of pyridine rings is 2. The van der Waals surface area contributed by atoms with Crippen molar-refractivity contribution in [3.63, 3.8) is 0 Å². The number of hydrogen-bond acceptors (Lipinski definition) is 4. The third kappa shape index (κ3) is 3.79. The number of aromatic hydroxyl groups is 1. The zero-order valence-corrected chi connectivity index (χ0v) is 21.7. The predicted octanol–water partition coefficient (Wildman–Crippen LogP) is 8.52. The number of phenolic OH excluding ortho intramolecular Hbond substituents is 1. The molecule has 7 rings (SSSR count). The molecule has 0 saturated heterocycles. The molecule has 7 aromatic rings. The van der Waals surface area contributed by atoms with E-state index >= 15 is 0 Å². The Morgan fingerprint density at radius 1 is 0.692 bits per heavy atom. The molecule has 0 bridgehead atoms. The molecule has 5 nitrogen and oxygen atoms in total. The fourth-order valence-corrected chi connectivity index (χ4v) is 5.50. The molecule has 39 heavy (non-hydrogen) atoms. The van der Waals surface area contributed by atoms with E-state index < -0.39 is 0 Å². The second-order valence-electron chi connectivity index (χ2n) is 9.90. The average Bonchev–Trinajstić information content (AvgIpc) is 3.28. The van der Waals surface area contributed by atoms with Crippen LogP contribution in [0.3, 0.4) is 0 Å². The van der Waals surface area contributed by atoms with Gasteiger partial charge in [0, 0.05) is 33.7 Å². The average molecular weight is 507 g/mol. The van der Waals surface area contributed by atoms with Gasteiger partial charge in [-0.25, -0.2) is 9.97 Å². The maximum atomic E-state index is 10.6. The van der Waals surface area contributed by atoms with Crippen molar-refractivity contribution in [2.75, 3.05) is 4.90 Å². The number of rotatable bonds is 4. The Morgan fingerprint density at radius 2 is 1.49 bits per heavy atom. The van der Waals surface area contributed by atoms with E-state index in [4.69, 9.17) is 9.97 Å². The first-order valence-corrected chi connectivity index (χ1v) is 13.0. The molecule has 0 amide bonds. The molecule has 188 valence electrons. The van der Waals surface area contributed by atoms with E-state index in [1.54, 1.807) is 6.07 Å². The lowest BCUT2D eigenvalue weighted by Crippen LogP contribution is -2.11. The number of anilines is 3. The van der Waals surface area contributed by atoms with Gasteiger partial charge in [-0.05, 0) is 73.5 Å². The van der Waals surface area contributed by atoms with Gasteiger partial charge in [-0.2, -0.15) is 0 Å². The summed E-state index contributed by atoms with van der Waals surface area (Å²) < 4.78 is 2.26. The summed E-state index contributed by atoms with van der Waals surface area (Å²) in [7, 11) is 0. The van der Waals surface area contributed by atoms with Crippen LogP contribution in [0.2, 0.25) is 0 Å². The molecule has 3 aromatic heterocycles. The van der Waals surface area contributed by atoms with Gasteiger partial charge in [0.25, 0.3) is 0 Å².